The highest BCUT2D eigenvalue weighted by Crippen LogP contribution is 2.40. The molecule has 1 aromatic heterocycles. The van der Waals surface area contributed by atoms with Gasteiger partial charge in [0, 0.05) is 41.8 Å². The number of nitrogens with zero attached hydrogens (tertiary/aromatic N) is 2. The number of urea groups is 1. The number of benzene rings is 1. The van der Waals surface area contributed by atoms with Crippen LogP contribution in [-0.2, 0) is 0 Å². The van der Waals surface area contributed by atoms with Crippen molar-refractivity contribution in [3.8, 4) is 23.1 Å². The summed E-state index contributed by atoms with van der Waals surface area (Å²) in [7, 11) is 4.59. The molecule has 1 unspecified atom stereocenters. The third-order valence-corrected chi connectivity index (χ3v) is 4.80. The normalized spacial score (nSPS) is 15.9. The highest BCUT2D eigenvalue weighted by molar-refractivity contribution is 9.10. The summed E-state index contributed by atoms with van der Waals surface area (Å²) in [6, 6.07) is 6.82. The highest BCUT2D eigenvalue weighted by Gasteiger charge is 2.28. The second kappa shape index (κ2) is 9.01. The Kier molecular flexibility index (Phi) is 6.45. The number of pyridine rings is 1. The van der Waals surface area contributed by atoms with E-state index >= 15 is 0 Å². The van der Waals surface area contributed by atoms with Crippen LogP contribution < -0.4 is 24.3 Å². The number of carbonyl (C=O) groups excluding carboxylic acids is 1. The fourth-order valence-electron chi connectivity index (χ4n) is 2.97. The Morgan fingerprint density at radius 1 is 1.18 bits per heavy atom. The van der Waals surface area contributed by atoms with Crippen molar-refractivity contribution >= 4 is 27.6 Å². The SMILES string of the molecule is COc1cc(NC(=O)N2CCC(Oc3ccc(Br)cn3)C2)cc(OC)c1OC. The van der Waals surface area contributed by atoms with Crippen LogP contribution in [0.15, 0.2) is 34.9 Å². The predicted octanol–water partition coefficient (Wildman–Crippen LogP) is 3.56. The quantitative estimate of drug-likeness (QED) is 0.722. The summed E-state index contributed by atoms with van der Waals surface area (Å²) in [5.74, 6) is 1.96. The number of nitrogens with one attached hydrogen (secondary N) is 1. The molecule has 2 amide bonds. The monoisotopic (exact) mass is 451 g/mol. The fourth-order valence-corrected chi connectivity index (χ4v) is 3.20. The number of hydrogen-bond donors (Lipinski definition) is 1. The molecule has 0 aliphatic carbocycles. The molecule has 1 N–H and O–H groups in total. The third-order valence-electron chi connectivity index (χ3n) is 4.34. The van der Waals surface area contributed by atoms with E-state index in [0.29, 0.717) is 41.9 Å². The van der Waals surface area contributed by atoms with Gasteiger partial charge in [-0.3, -0.25) is 0 Å². The Hall–Kier alpha value is -2.68. The smallest absolute Gasteiger partial charge is 0.321 e. The molecule has 1 aromatic carbocycles. The minimum absolute atomic E-state index is 0.0978. The molecule has 0 radical (unpaired) electrons. The molecule has 0 spiro atoms. The van der Waals surface area contributed by atoms with Gasteiger partial charge < -0.3 is 29.2 Å². The summed E-state index contributed by atoms with van der Waals surface area (Å²) in [5, 5.41) is 2.87. The van der Waals surface area contributed by atoms with Crippen LogP contribution in [0.5, 0.6) is 23.1 Å². The van der Waals surface area contributed by atoms with Crippen molar-refractivity contribution < 1.29 is 23.7 Å². The van der Waals surface area contributed by atoms with E-state index in [-0.39, 0.29) is 12.1 Å². The summed E-state index contributed by atoms with van der Waals surface area (Å²) in [6.07, 6.45) is 2.32. The number of methoxy groups -OCH3 is 3. The standard InChI is InChI=1S/C19H22BrN3O5/c1-25-15-8-13(9-16(26-2)18(15)27-3)22-19(24)23-7-6-14(11-23)28-17-5-4-12(20)10-21-17/h4-5,8-10,14H,6-7,11H2,1-3H3,(H,22,24). The van der Waals surface area contributed by atoms with Crippen molar-refractivity contribution in [3.63, 3.8) is 0 Å². The molecule has 9 heteroatoms. The predicted molar refractivity (Wildman–Crippen MR) is 108 cm³/mol. The number of aromatic nitrogens is 1. The lowest BCUT2D eigenvalue weighted by atomic mass is 10.2. The minimum atomic E-state index is -0.218. The van der Waals surface area contributed by atoms with E-state index in [2.05, 4.69) is 26.2 Å². The van der Waals surface area contributed by atoms with Crippen LogP contribution in [0.4, 0.5) is 10.5 Å². The average Bonchev–Trinajstić information content (AvgIpc) is 3.17. The Balaban J connectivity index is 1.63. The summed E-state index contributed by atoms with van der Waals surface area (Å²) < 4.78 is 22.7. The molecule has 2 heterocycles. The molecular formula is C19H22BrN3O5. The van der Waals surface area contributed by atoms with E-state index < -0.39 is 0 Å². The molecule has 2 aromatic rings. The number of ether oxygens (including phenoxy) is 4. The second-order valence-corrected chi connectivity index (χ2v) is 7.05. The summed E-state index contributed by atoms with van der Waals surface area (Å²) in [4.78, 5) is 18.5. The number of halogens is 1. The molecule has 1 saturated heterocycles. The maximum atomic E-state index is 12.6. The van der Waals surface area contributed by atoms with Crippen LogP contribution in [0.1, 0.15) is 6.42 Å². The van der Waals surface area contributed by atoms with E-state index in [1.165, 1.54) is 21.3 Å². The van der Waals surface area contributed by atoms with Crippen molar-refractivity contribution in [2.75, 3.05) is 39.7 Å². The number of carbonyl (C=O) groups is 1. The number of anilines is 1. The van der Waals surface area contributed by atoms with Gasteiger partial charge in [-0.15, -0.1) is 0 Å². The Bertz CT molecular complexity index is 806. The van der Waals surface area contributed by atoms with Crippen LogP contribution in [0.2, 0.25) is 0 Å². The Morgan fingerprint density at radius 3 is 2.46 bits per heavy atom. The minimum Gasteiger partial charge on any atom is -0.493 e. The lowest BCUT2D eigenvalue weighted by molar-refractivity contribution is 0.190. The fraction of sp³-hybridized carbons (Fsp3) is 0.368. The number of amides is 2. The van der Waals surface area contributed by atoms with Crippen molar-refractivity contribution in [1.82, 2.24) is 9.88 Å². The molecule has 0 saturated carbocycles. The maximum Gasteiger partial charge on any atom is 0.321 e. The Labute approximate surface area is 171 Å². The van der Waals surface area contributed by atoms with E-state index in [1.54, 1.807) is 29.3 Å². The summed E-state index contributed by atoms with van der Waals surface area (Å²) in [6.45, 7) is 1.07. The van der Waals surface area contributed by atoms with Gasteiger partial charge in [0.25, 0.3) is 0 Å². The zero-order chi connectivity index (χ0) is 20.1. The van der Waals surface area contributed by atoms with Crippen molar-refractivity contribution in [1.29, 1.82) is 0 Å². The number of likely N-dealkylation sites (tertiary alicyclic amines) is 1. The van der Waals surface area contributed by atoms with Gasteiger partial charge in [-0.25, -0.2) is 9.78 Å². The molecule has 3 rings (SSSR count). The highest BCUT2D eigenvalue weighted by atomic mass is 79.9. The zero-order valence-corrected chi connectivity index (χ0v) is 17.5. The maximum absolute atomic E-state index is 12.6. The van der Waals surface area contributed by atoms with Crippen LogP contribution in [0, 0.1) is 0 Å². The Morgan fingerprint density at radius 2 is 1.89 bits per heavy atom. The van der Waals surface area contributed by atoms with Crippen molar-refractivity contribution in [3.05, 3.63) is 34.9 Å². The zero-order valence-electron chi connectivity index (χ0n) is 15.9. The van der Waals surface area contributed by atoms with Crippen molar-refractivity contribution in [2.24, 2.45) is 0 Å². The molecular weight excluding hydrogens is 430 g/mol. The molecule has 8 nitrogen and oxygen atoms in total. The molecule has 1 aliphatic rings. The van der Waals surface area contributed by atoms with Gasteiger partial charge in [0.1, 0.15) is 6.10 Å². The third kappa shape index (κ3) is 4.59. The second-order valence-electron chi connectivity index (χ2n) is 6.13. The molecule has 1 aliphatic heterocycles. The first-order valence-electron chi connectivity index (χ1n) is 8.68. The van der Waals surface area contributed by atoms with Gasteiger partial charge in [-0.2, -0.15) is 0 Å². The average molecular weight is 452 g/mol. The lowest BCUT2D eigenvalue weighted by Crippen LogP contribution is -2.34. The van der Waals surface area contributed by atoms with E-state index in [1.807, 2.05) is 6.07 Å². The molecule has 28 heavy (non-hydrogen) atoms. The first-order chi connectivity index (χ1) is 13.5. The van der Waals surface area contributed by atoms with E-state index in [9.17, 15) is 4.79 Å². The van der Waals surface area contributed by atoms with Gasteiger partial charge in [-0.05, 0) is 22.0 Å². The molecule has 1 fully saturated rings. The van der Waals surface area contributed by atoms with E-state index in [0.717, 1.165) is 10.9 Å². The van der Waals surface area contributed by atoms with Gasteiger partial charge in [0.2, 0.25) is 11.6 Å². The topological polar surface area (TPSA) is 82.2 Å². The first-order valence-corrected chi connectivity index (χ1v) is 9.47. The summed E-state index contributed by atoms with van der Waals surface area (Å²) >= 11 is 3.34. The van der Waals surface area contributed by atoms with Crippen LogP contribution in [0.3, 0.4) is 0 Å². The van der Waals surface area contributed by atoms with Crippen LogP contribution in [0.25, 0.3) is 0 Å². The van der Waals surface area contributed by atoms with Crippen LogP contribution >= 0.6 is 15.9 Å². The molecule has 0 bridgehead atoms. The first kappa shape index (κ1) is 20.1. The lowest BCUT2D eigenvalue weighted by Gasteiger charge is -2.19. The largest absolute Gasteiger partial charge is 0.493 e. The molecule has 150 valence electrons. The van der Waals surface area contributed by atoms with Gasteiger partial charge >= 0.3 is 6.03 Å². The molecule has 1 atom stereocenters. The summed E-state index contributed by atoms with van der Waals surface area (Å²) in [5.41, 5.74) is 0.554. The van der Waals surface area contributed by atoms with Gasteiger partial charge in [-0.1, -0.05) is 0 Å². The van der Waals surface area contributed by atoms with Crippen molar-refractivity contribution in [2.45, 2.75) is 12.5 Å². The van der Waals surface area contributed by atoms with Gasteiger partial charge in [0.05, 0.1) is 33.6 Å². The number of rotatable bonds is 6. The van der Waals surface area contributed by atoms with Gasteiger partial charge in [0.15, 0.2) is 11.5 Å². The van der Waals surface area contributed by atoms with Crippen LogP contribution in [-0.4, -0.2) is 56.4 Å². The van der Waals surface area contributed by atoms with E-state index in [4.69, 9.17) is 18.9 Å². The number of hydrogen-bond acceptors (Lipinski definition) is 6.